The van der Waals surface area contributed by atoms with Crippen molar-refractivity contribution in [1.29, 1.82) is 0 Å². The molecular formula is C14H23NO2. The molecule has 0 aliphatic rings. The molecule has 0 amide bonds. The largest absolute Gasteiger partial charge is 0.379 e. The summed E-state index contributed by atoms with van der Waals surface area (Å²) in [5, 5.41) is 0. The third kappa shape index (κ3) is 4.35. The number of hydrogen-bond donors (Lipinski definition) is 0. The molecule has 0 fully saturated rings. The maximum absolute atomic E-state index is 11.7. The topological polar surface area (TPSA) is 31.2 Å². The van der Waals surface area contributed by atoms with Crippen molar-refractivity contribution < 1.29 is 9.53 Å². The van der Waals surface area contributed by atoms with Crippen LogP contribution in [0.1, 0.15) is 50.4 Å². The summed E-state index contributed by atoms with van der Waals surface area (Å²) in [6.45, 7) is 7.04. The van der Waals surface area contributed by atoms with E-state index in [1.165, 1.54) is 0 Å². The zero-order valence-corrected chi connectivity index (χ0v) is 11.3. The third-order valence-electron chi connectivity index (χ3n) is 3.07. The Bertz CT molecular complexity index is 366. The van der Waals surface area contributed by atoms with Crippen molar-refractivity contribution in [1.82, 2.24) is 4.57 Å². The minimum Gasteiger partial charge on any atom is -0.379 e. The number of hydrogen-bond acceptors (Lipinski definition) is 2. The summed E-state index contributed by atoms with van der Waals surface area (Å²) in [5.74, 6) is 0.234. The molecule has 3 heteroatoms. The molecule has 1 heterocycles. The van der Waals surface area contributed by atoms with Gasteiger partial charge in [0.15, 0.2) is 5.78 Å². The van der Waals surface area contributed by atoms with Crippen molar-refractivity contribution >= 4 is 5.78 Å². The number of ether oxygens (including phenoxy) is 1. The van der Waals surface area contributed by atoms with Gasteiger partial charge in [0.25, 0.3) is 0 Å². The molecule has 17 heavy (non-hydrogen) atoms. The van der Waals surface area contributed by atoms with Gasteiger partial charge in [0.2, 0.25) is 0 Å². The molecule has 1 aromatic rings. The van der Waals surface area contributed by atoms with Gasteiger partial charge in [-0.2, -0.15) is 0 Å². The van der Waals surface area contributed by atoms with Crippen molar-refractivity contribution in [2.24, 2.45) is 0 Å². The number of methoxy groups -OCH3 is 1. The van der Waals surface area contributed by atoms with Crippen LogP contribution in [-0.2, 0) is 11.3 Å². The minimum atomic E-state index is -0.113. The van der Waals surface area contributed by atoms with Crippen molar-refractivity contribution in [2.45, 2.75) is 52.2 Å². The SMILES string of the molecule is CCCC(=O)c1ccn(CCC(C)(C)OC)c1. The average molecular weight is 237 g/mol. The second kappa shape index (κ2) is 6.01. The molecule has 0 aliphatic carbocycles. The standard InChI is InChI=1S/C14H23NO2/c1-5-6-13(16)12-7-9-15(11-12)10-8-14(2,3)17-4/h7,9,11H,5-6,8,10H2,1-4H3. The van der Waals surface area contributed by atoms with E-state index in [0.29, 0.717) is 6.42 Å². The first-order valence-corrected chi connectivity index (χ1v) is 6.22. The Morgan fingerprint density at radius 2 is 2.18 bits per heavy atom. The van der Waals surface area contributed by atoms with Crippen LogP contribution < -0.4 is 0 Å². The summed E-state index contributed by atoms with van der Waals surface area (Å²) in [6, 6.07) is 1.90. The molecule has 0 saturated carbocycles. The number of carbonyl (C=O) groups excluding carboxylic acids is 1. The van der Waals surface area contributed by atoms with Crippen molar-refractivity contribution in [3.8, 4) is 0 Å². The summed E-state index contributed by atoms with van der Waals surface area (Å²) in [6.07, 6.45) is 6.37. The normalized spacial score (nSPS) is 11.8. The lowest BCUT2D eigenvalue weighted by Crippen LogP contribution is -2.24. The van der Waals surface area contributed by atoms with E-state index in [1.54, 1.807) is 7.11 Å². The first kappa shape index (κ1) is 14.0. The zero-order chi connectivity index (χ0) is 12.9. The van der Waals surface area contributed by atoms with E-state index in [2.05, 4.69) is 18.4 Å². The lowest BCUT2D eigenvalue weighted by atomic mass is 10.1. The van der Waals surface area contributed by atoms with E-state index in [9.17, 15) is 4.79 Å². The Labute approximate surface area is 104 Å². The summed E-state index contributed by atoms with van der Waals surface area (Å²) in [4.78, 5) is 11.7. The van der Waals surface area contributed by atoms with Gasteiger partial charge in [-0.25, -0.2) is 0 Å². The van der Waals surface area contributed by atoms with Crippen LogP contribution in [0.3, 0.4) is 0 Å². The molecular weight excluding hydrogens is 214 g/mol. The van der Waals surface area contributed by atoms with Crippen LogP contribution in [-0.4, -0.2) is 23.1 Å². The van der Waals surface area contributed by atoms with Gasteiger partial charge in [-0.05, 0) is 32.8 Å². The van der Waals surface area contributed by atoms with Crippen LogP contribution in [0.15, 0.2) is 18.5 Å². The quantitative estimate of drug-likeness (QED) is 0.681. The van der Waals surface area contributed by atoms with Gasteiger partial charge < -0.3 is 9.30 Å². The molecule has 0 atom stereocenters. The molecule has 3 nitrogen and oxygen atoms in total. The molecule has 0 N–H and O–H groups in total. The minimum absolute atomic E-state index is 0.113. The van der Waals surface area contributed by atoms with Crippen molar-refractivity contribution in [3.63, 3.8) is 0 Å². The van der Waals surface area contributed by atoms with Crippen molar-refractivity contribution in [3.05, 3.63) is 24.0 Å². The Kier molecular flexibility index (Phi) is 4.94. The maximum Gasteiger partial charge on any atom is 0.164 e. The molecule has 1 rings (SSSR count). The second-order valence-corrected chi connectivity index (χ2v) is 5.02. The van der Waals surface area contributed by atoms with Crippen LogP contribution >= 0.6 is 0 Å². The first-order valence-electron chi connectivity index (χ1n) is 6.22. The highest BCUT2D eigenvalue weighted by atomic mass is 16.5. The van der Waals surface area contributed by atoms with Gasteiger partial charge in [0, 0.05) is 38.0 Å². The highest BCUT2D eigenvalue weighted by Crippen LogP contribution is 2.15. The molecule has 0 saturated heterocycles. The van der Waals surface area contributed by atoms with Gasteiger partial charge >= 0.3 is 0 Å². The zero-order valence-electron chi connectivity index (χ0n) is 11.3. The van der Waals surface area contributed by atoms with Gasteiger partial charge in [-0.3, -0.25) is 4.79 Å². The van der Waals surface area contributed by atoms with E-state index in [-0.39, 0.29) is 11.4 Å². The lowest BCUT2D eigenvalue weighted by molar-refractivity contribution is 0.0121. The van der Waals surface area contributed by atoms with Crippen LogP contribution in [0.2, 0.25) is 0 Å². The van der Waals surface area contributed by atoms with Crippen LogP contribution in [0.5, 0.6) is 0 Å². The second-order valence-electron chi connectivity index (χ2n) is 5.02. The summed E-state index contributed by atoms with van der Waals surface area (Å²) in [7, 11) is 1.73. The summed E-state index contributed by atoms with van der Waals surface area (Å²) >= 11 is 0. The number of aryl methyl sites for hydroxylation is 1. The average Bonchev–Trinajstić information content (AvgIpc) is 2.76. The number of carbonyl (C=O) groups is 1. The molecule has 0 aromatic carbocycles. The van der Waals surface area contributed by atoms with E-state index in [1.807, 2.05) is 25.4 Å². The van der Waals surface area contributed by atoms with Crippen LogP contribution in [0.4, 0.5) is 0 Å². The fraction of sp³-hybridized carbons (Fsp3) is 0.643. The van der Waals surface area contributed by atoms with Gasteiger partial charge in [0.05, 0.1) is 5.60 Å². The monoisotopic (exact) mass is 237 g/mol. The molecule has 1 aromatic heterocycles. The predicted molar refractivity (Wildman–Crippen MR) is 69.4 cm³/mol. The summed E-state index contributed by atoms with van der Waals surface area (Å²) < 4.78 is 7.43. The van der Waals surface area contributed by atoms with Gasteiger partial charge in [-0.15, -0.1) is 0 Å². The Balaban J connectivity index is 2.54. The van der Waals surface area contributed by atoms with E-state index in [4.69, 9.17) is 4.74 Å². The van der Waals surface area contributed by atoms with Gasteiger partial charge in [-0.1, -0.05) is 6.92 Å². The van der Waals surface area contributed by atoms with Gasteiger partial charge in [0.1, 0.15) is 0 Å². The highest BCUT2D eigenvalue weighted by Gasteiger charge is 2.16. The Hall–Kier alpha value is -1.09. The van der Waals surface area contributed by atoms with Crippen LogP contribution in [0.25, 0.3) is 0 Å². The molecule has 0 bridgehead atoms. The molecule has 0 aliphatic heterocycles. The van der Waals surface area contributed by atoms with E-state index in [0.717, 1.165) is 24.9 Å². The Morgan fingerprint density at radius 1 is 1.47 bits per heavy atom. The smallest absolute Gasteiger partial charge is 0.164 e. The predicted octanol–water partition coefficient (Wildman–Crippen LogP) is 3.29. The van der Waals surface area contributed by atoms with Crippen molar-refractivity contribution in [2.75, 3.05) is 7.11 Å². The highest BCUT2D eigenvalue weighted by molar-refractivity contribution is 5.95. The molecule has 96 valence electrons. The third-order valence-corrected chi connectivity index (χ3v) is 3.07. The number of Topliss-reactive ketones (excluding diaryl/α,β-unsaturated/α-hetero) is 1. The summed E-state index contributed by atoms with van der Waals surface area (Å²) in [5.41, 5.74) is 0.708. The fourth-order valence-corrected chi connectivity index (χ4v) is 1.62. The molecule has 0 unspecified atom stereocenters. The maximum atomic E-state index is 11.7. The molecule has 0 radical (unpaired) electrons. The Morgan fingerprint density at radius 3 is 2.76 bits per heavy atom. The number of ketones is 1. The number of nitrogens with zero attached hydrogens (tertiary/aromatic N) is 1. The molecule has 0 spiro atoms. The van der Waals surface area contributed by atoms with Crippen LogP contribution in [0, 0.1) is 0 Å². The number of aromatic nitrogens is 1. The first-order chi connectivity index (χ1) is 7.98. The van der Waals surface area contributed by atoms with E-state index < -0.39 is 0 Å². The lowest BCUT2D eigenvalue weighted by Gasteiger charge is -2.22. The number of rotatable bonds is 7. The van der Waals surface area contributed by atoms with E-state index >= 15 is 0 Å². The fourth-order valence-electron chi connectivity index (χ4n) is 1.62.